The lowest BCUT2D eigenvalue weighted by Crippen LogP contribution is -2.55. The third-order valence-electron chi connectivity index (χ3n) is 5.90. The van der Waals surface area contributed by atoms with Crippen LogP contribution in [-0.2, 0) is 14.3 Å². The van der Waals surface area contributed by atoms with Crippen LogP contribution >= 0.6 is 0 Å². The summed E-state index contributed by atoms with van der Waals surface area (Å²) in [5.41, 5.74) is 2.51. The molecule has 2 atom stereocenters. The fraction of sp³-hybridized carbons (Fsp3) is 0.500. The van der Waals surface area contributed by atoms with Crippen LogP contribution in [0.2, 0.25) is 0 Å². The Morgan fingerprint density at radius 3 is 2.55 bits per heavy atom. The molecular formula is C22H26N6O3. The minimum atomic E-state index is -0.614. The monoisotopic (exact) mass is 422 g/mol. The Morgan fingerprint density at radius 1 is 1.16 bits per heavy atom. The first kappa shape index (κ1) is 21.0. The lowest BCUT2D eigenvalue weighted by molar-refractivity contribution is -0.138. The standard InChI is InChI=1S/C22H26N6O3/c1-14-12-28(18-4-3-16(11-23)20-21(18)25-8-7-24-20)13-19(31-14)22(30)26-17-5-9-27(10-6-17)15(2)29/h3-4,7-8,14,17,19H,5-6,9-10,12-13H2,1-2H3,(H,26,30). The number of carbonyl (C=O) groups excluding carboxylic acids is 2. The number of hydrogen-bond acceptors (Lipinski definition) is 7. The topological polar surface area (TPSA) is 111 Å². The molecule has 4 rings (SSSR count). The molecule has 2 saturated heterocycles. The number of nitrogens with zero attached hydrogens (tertiary/aromatic N) is 5. The normalized spacial score (nSPS) is 22.2. The van der Waals surface area contributed by atoms with Gasteiger partial charge in [0.15, 0.2) is 6.10 Å². The number of anilines is 1. The number of piperidine rings is 1. The molecule has 1 aromatic heterocycles. The summed E-state index contributed by atoms with van der Waals surface area (Å²) in [7, 11) is 0. The Balaban J connectivity index is 1.48. The maximum absolute atomic E-state index is 13.0. The molecule has 1 aromatic carbocycles. The van der Waals surface area contributed by atoms with Gasteiger partial charge in [-0.2, -0.15) is 5.26 Å². The number of rotatable bonds is 3. The van der Waals surface area contributed by atoms with Gasteiger partial charge in [0.25, 0.3) is 5.91 Å². The molecule has 162 valence electrons. The average molecular weight is 422 g/mol. The van der Waals surface area contributed by atoms with E-state index in [0.29, 0.717) is 42.8 Å². The predicted octanol–water partition coefficient (Wildman–Crippen LogP) is 1.22. The van der Waals surface area contributed by atoms with E-state index >= 15 is 0 Å². The van der Waals surface area contributed by atoms with E-state index in [-0.39, 0.29) is 24.0 Å². The Kier molecular flexibility index (Phi) is 6.00. The third kappa shape index (κ3) is 4.44. The molecule has 2 amide bonds. The Morgan fingerprint density at radius 2 is 1.87 bits per heavy atom. The van der Waals surface area contributed by atoms with Crippen molar-refractivity contribution < 1.29 is 14.3 Å². The van der Waals surface area contributed by atoms with E-state index in [4.69, 9.17) is 4.74 Å². The molecule has 0 radical (unpaired) electrons. The second-order valence-electron chi connectivity index (χ2n) is 8.13. The lowest BCUT2D eigenvalue weighted by Gasteiger charge is -2.39. The number of fused-ring (bicyclic) bond motifs is 1. The lowest BCUT2D eigenvalue weighted by atomic mass is 10.0. The second kappa shape index (κ2) is 8.86. The van der Waals surface area contributed by atoms with Crippen molar-refractivity contribution in [3.8, 4) is 6.07 Å². The van der Waals surface area contributed by atoms with Gasteiger partial charge in [-0.05, 0) is 31.9 Å². The zero-order valence-electron chi connectivity index (χ0n) is 17.7. The molecule has 2 fully saturated rings. The Bertz CT molecular complexity index is 1030. The van der Waals surface area contributed by atoms with Crippen molar-refractivity contribution in [2.24, 2.45) is 0 Å². The highest BCUT2D eigenvalue weighted by Crippen LogP contribution is 2.29. The molecule has 1 N–H and O–H groups in total. The number of aromatic nitrogens is 2. The number of hydrogen-bond donors (Lipinski definition) is 1. The van der Waals surface area contributed by atoms with E-state index in [1.165, 1.54) is 0 Å². The summed E-state index contributed by atoms with van der Waals surface area (Å²) in [5.74, 6) is -0.0653. The van der Waals surface area contributed by atoms with Gasteiger partial charge in [-0.1, -0.05) is 0 Å². The number of carbonyl (C=O) groups is 2. The van der Waals surface area contributed by atoms with Gasteiger partial charge in [0.1, 0.15) is 17.1 Å². The minimum absolute atomic E-state index is 0.0407. The fourth-order valence-corrected chi connectivity index (χ4v) is 4.31. The highest BCUT2D eigenvalue weighted by atomic mass is 16.5. The molecule has 3 heterocycles. The summed E-state index contributed by atoms with van der Waals surface area (Å²) < 4.78 is 5.95. The van der Waals surface area contributed by atoms with Gasteiger partial charge < -0.3 is 19.9 Å². The van der Waals surface area contributed by atoms with E-state index in [1.54, 1.807) is 30.3 Å². The Hall–Kier alpha value is -3.25. The summed E-state index contributed by atoms with van der Waals surface area (Å²) in [4.78, 5) is 37.1. The van der Waals surface area contributed by atoms with Crippen molar-refractivity contribution in [3.63, 3.8) is 0 Å². The van der Waals surface area contributed by atoms with Gasteiger partial charge in [0.05, 0.1) is 23.9 Å². The van der Waals surface area contributed by atoms with Crippen LogP contribution in [-0.4, -0.2) is 71.1 Å². The number of ether oxygens (including phenoxy) is 1. The van der Waals surface area contributed by atoms with Crippen LogP contribution in [0.3, 0.4) is 0 Å². The molecule has 9 nitrogen and oxygen atoms in total. The van der Waals surface area contributed by atoms with Crippen molar-refractivity contribution in [3.05, 3.63) is 30.1 Å². The number of amides is 2. The first-order valence-electron chi connectivity index (χ1n) is 10.6. The number of nitriles is 1. The first-order chi connectivity index (χ1) is 15.0. The van der Waals surface area contributed by atoms with Crippen molar-refractivity contribution in [2.75, 3.05) is 31.1 Å². The smallest absolute Gasteiger partial charge is 0.251 e. The van der Waals surface area contributed by atoms with Gasteiger partial charge in [-0.3, -0.25) is 19.6 Å². The zero-order valence-corrected chi connectivity index (χ0v) is 17.7. The quantitative estimate of drug-likeness (QED) is 0.792. The van der Waals surface area contributed by atoms with Crippen molar-refractivity contribution in [2.45, 2.75) is 44.9 Å². The molecule has 0 spiro atoms. The third-order valence-corrected chi connectivity index (χ3v) is 5.90. The fourth-order valence-electron chi connectivity index (χ4n) is 4.31. The van der Waals surface area contributed by atoms with Gasteiger partial charge in [-0.15, -0.1) is 0 Å². The summed E-state index contributed by atoms with van der Waals surface area (Å²) in [5, 5.41) is 12.5. The van der Waals surface area contributed by atoms with E-state index in [2.05, 4.69) is 26.3 Å². The van der Waals surface area contributed by atoms with Crippen LogP contribution in [0, 0.1) is 11.3 Å². The molecular weight excluding hydrogens is 396 g/mol. The van der Waals surface area contributed by atoms with Gasteiger partial charge >= 0.3 is 0 Å². The molecule has 2 aromatic rings. The van der Waals surface area contributed by atoms with Crippen LogP contribution in [0.1, 0.15) is 32.3 Å². The first-order valence-corrected chi connectivity index (χ1v) is 10.6. The predicted molar refractivity (Wildman–Crippen MR) is 114 cm³/mol. The van der Waals surface area contributed by atoms with Crippen LogP contribution in [0.25, 0.3) is 11.0 Å². The average Bonchev–Trinajstić information content (AvgIpc) is 2.78. The van der Waals surface area contributed by atoms with Gasteiger partial charge in [0.2, 0.25) is 5.91 Å². The number of nitrogens with one attached hydrogen (secondary N) is 1. The number of morpholine rings is 1. The Labute approximate surface area is 181 Å². The number of benzene rings is 1. The summed E-state index contributed by atoms with van der Waals surface area (Å²) in [6, 6.07) is 5.80. The van der Waals surface area contributed by atoms with Crippen LogP contribution in [0.4, 0.5) is 5.69 Å². The van der Waals surface area contributed by atoms with E-state index < -0.39 is 6.10 Å². The van der Waals surface area contributed by atoms with E-state index in [1.807, 2.05) is 13.0 Å². The second-order valence-corrected chi connectivity index (χ2v) is 8.13. The highest BCUT2D eigenvalue weighted by Gasteiger charge is 2.33. The maximum atomic E-state index is 13.0. The molecule has 2 aliphatic rings. The molecule has 0 aliphatic carbocycles. The van der Waals surface area contributed by atoms with Crippen molar-refractivity contribution in [1.29, 1.82) is 5.26 Å². The van der Waals surface area contributed by atoms with Crippen LogP contribution in [0.5, 0.6) is 0 Å². The molecule has 31 heavy (non-hydrogen) atoms. The van der Waals surface area contributed by atoms with Gasteiger partial charge in [0, 0.05) is 45.0 Å². The van der Waals surface area contributed by atoms with Gasteiger partial charge in [-0.25, -0.2) is 0 Å². The minimum Gasteiger partial charge on any atom is -0.364 e. The summed E-state index contributed by atoms with van der Waals surface area (Å²) in [6.07, 6.45) is 3.90. The van der Waals surface area contributed by atoms with Crippen molar-refractivity contribution in [1.82, 2.24) is 20.2 Å². The maximum Gasteiger partial charge on any atom is 0.251 e. The largest absolute Gasteiger partial charge is 0.364 e. The molecule has 2 aliphatic heterocycles. The van der Waals surface area contributed by atoms with E-state index in [0.717, 1.165) is 18.5 Å². The van der Waals surface area contributed by atoms with E-state index in [9.17, 15) is 14.9 Å². The number of likely N-dealkylation sites (tertiary alicyclic amines) is 1. The summed E-state index contributed by atoms with van der Waals surface area (Å²) in [6.45, 7) is 5.82. The molecule has 0 bridgehead atoms. The summed E-state index contributed by atoms with van der Waals surface area (Å²) >= 11 is 0. The highest BCUT2D eigenvalue weighted by molar-refractivity contribution is 5.92. The van der Waals surface area contributed by atoms with Crippen LogP contribution in [0.15, 0.2) is 24.5 Å². The molecule has 9 heteroatoms. The SMILES string of the molecule is CC(=O)N1CCC(NC(=O)C2CN(c3ccc(C#N)c4nccnc34)CC(C)O2)CC1. The van der Waals surface area contributed by atoms with Crippen LogP contribution < -0.4 is 10.2 Å². The molecule has 2 unspecified atom stereocenters. The zero-order chi connectivity index (χ0) is 22.0. The molecule has 0 saturated carbocycles. The van der Waals surface area contributed by atoms with Crippen molar-refractivity contribution >= 4 is 28.5 Å².